The van der Waals surface area contributed by atoms with E-state index in [2.05, 4.69) is 89.6 Å². The van der Waals surface area contributed by atoms with Crippen LogP contribution in [0, 0.1) is 12.2 Å². The molecule has 0 unspecified atom stereocenters. The van der Waals surface area contributed by atoms with E-state index < -0.39 is 16.1 Å². The van der Waals surface area contributed by atoms with Gasteiger partial charge < -0.3 is 10.2 Å². The van der Waals surface area contributed by atoms with Gasteiger partial charge in [0.15, 0.2) is 0 Å². The van der Waals surface area contributed by atoms with Crippen molar-refractivity contribution in [3.63, 3.8) is 0 Å². The fourth-order valence-electron chi connectivity index (χ4n) is 1.84. The van der Waals surface area contributed by atoms with Gasteiger partial charge >= 0.3 is 41.0 Å². The average molecular weight is 615 g/mol. The van der Waals surface area contributed by atoms with E-state index in [1.54, 1.807) is 41.3 Å². The Morgan fingerprint density at radius 2 is 0.967 bits per heavy atom. The SMILES string of the molecule is CC(C)O.CC(C)O.C[C](C)=[Hf+2].C[Si](C)(C)C1=CC[C-]=C1.C[Si](C)(C)C1=CC[C-]=C1. The van der Waals surface area contributed by atoms with Crippen LogP contribution in [0.2, 0.25) is 39.3 Å². The maximum atomic E-state index is 8.06. The molecule has 2 N–H and O–H groups in total. The van der Waals surface area contributed by atoms with Crippen molar-refractivity contribution in [2.24, 2.45) is 0 Å². The molecule has 172 valence electrons. The summed E-state index contributed by atoms with van der Waals surface area (Å²) in [6, 6.07) is 0. The molecule has 0 aliphatic heterocycles. The van der Waals surface area contributed by atoms with Gasteiger partial charge in [-0.15, -0.1) is 12.8 Å². The maximum absolute atomic E-state index is 8.06. The molecule has 2 nitrogen and oxygen atoms in total. The Hall–Kier alpha value is 0.0539. The molecule has 0 heterocycles. The molecule has 0 bridgehead atoms. The van der Waals surface area contributed by atoms with Crippen molar-refractivity contribution in [3.05, 3.63) is 46.8 Å². The second-order valence-electron chi connectivity index (χ2n) is 10.1. The molecular formula is C25H48HfO2Si2. The zero-order chi connectivity index (χ0) is 24.5. The molecule has 2 aliphatic carbocycles. The zero-order valence-corrected chi connectivity index (χ0v) is 27.4. The summed E-state index contributed by atoms with van der Waals surface area (Å²) < 4.78 is 1.56. The number of hydrogen-bond donors (Lipinski definition) is 2. The van der Waals surface area contributed by atoms with Crippen LogP contribution in [0.3, 0.4) is 0 Å². The van der Waals surface area contributed by atoms with Crippen LogP contribution in [-0.2, 0) is 23.9 Å². The summed E-state index contributed by atoms with van der Waals surface area (Å²) in [7, 11) is -1.96. The van der Waals surface area contributed by atoms with Crippen molar-refractivity contribution in [2.75, 3.05) is 0 Å². The summed E-state index contributed by atoms with van der Waals surface area (Å²) in [6.45, 7) is 25.4. The molecule has 0 spiro atoms. The molecule has 5 heteroatoms. The van der Waals surface area contributed by atoms with Crippen LogP contribution in [0.5, 0.6) is 0 Å². The fourth-order valence-corrected chi connectivity index (χ4v) is 4.34. The Balaban J connectivity index is -0.000000325. The van der Waals surface area contributed by atoms with Crippen molar-refractivity contribution < 1.29 is 34.1 Å². The van der Waals surface area contributed by atoms with Gasteiger partial charge in [0, 0.05) is 12.2 Å². The van der Waals surface area contributed by atoms with Crippen molar-refractivity contribution in [2.45, 2.75) is 106 Å². The number of aliphatic hydroxyl groups excluding tert-OH is 2. The molecule has 0 aromatic rings. The minimum absolute atomic E-state index is 0.167. The van der Waals surface area contributed by atoms with Crippen molar-refractivity contribution in [1.82, 2.24) is 0 Å². The predicted molar refractivity (Wildman–Crippen MR) is 139 cm³/mol. The van der Waals surface area contributed by atoms with Crippen molar-refractivity contribution >= 4 is 19.4 Å². The second kappa shape index (κ2) is 18.6. The van der Waals surface area contributed by atoms with Gasteiger partial charge in [-0.05, 0) is 43.8 Å². The molecule has 0 aromatic heterocycles. The molecule has 0 radical (unpaired) electrons. The molecule has 0 saturated heterocycles. The molecule has 30 heavy (non-hydrogen) atoms. The Bertz CT molecular complexity index is 517. The monoisotopic (exact) mass is 616 g/mol. The van der Waals surface area contributed by atoms with Crippen LogP contribution in [0.4, 0.5) is 0 Å². The summed E-state index contributed by atoms with van der Waals surface area (Å²) in [5.41, 5.74) is 0. The molecule has 0 aromatic carbocycles. The van der Waals surface area contributed by atoms with E-state index in [1.165, 1.54) is 23.9 Å². The van der Waals surface area contributed by atoms with Crippen LogP contribution in [0.1, 0.15) is 54.4 Å². The van der Waals surface area contributed by atoms with Gasteiger partial charge in [-0.3, -0.25) is 12.2 Å². The van der Waals surface area contributed by atoms with E-state index in [1.807, 2.05) is 0 Å². The predicted octanol–water partition coefficient (Wildman–Crippen LogP) is 6.63. The topological polar surface area (TPSA) is 40.5 Å². The molecule has 0 fully saturated rings. The van der Waals surface area contributed by atoms with Crippen LogP contribution in [-0.4, -0.2) is 41.8 Å². The smallest absolute Gasteiger partial charge is 0.0114 e. The van der Waals surface area contributed by atoms with Gasteiger partial charge in [-0.1, -0.05) is 39.3 Å². The molecule has 0 saturated carbocycles. The Labute approximate surface area is 205 Å². The van der Waals surface area contributed by atoms with Crippen LogP contribution in [0.25, 0.3) is 0 Å². The third kappa shape index (κ3) is 30.2. The average Bonchev–Trinajstić information content (AvgIpc) is 3.19. The first kappa shape index (κ1) is 34.7. The standard InChI is InChI=1S/2C8H13Si.2C3H8O.C3H6.Hf/c2*1-9(2,3)8-6-4-5-7-8;2*1-3(2)4;1-3-2;/h2*6-7H,4H2,1-3H3;2*3-4H,1-2H3;1-2H3;/q2*-1;;;;+2. The van der Waals surface area contributed by atoms with E-state index >= 15 is 0 Å². The van der Waals surface area contributed by atoms with Crippen molar-refractivity contribution in [3.8, 4) is 0 Å². The normalized spacial score (nSPS) is 14.3. The largest absolute Gasteiger partial charge is 0.273 e. The second-order valence-corrected chi connectivity index (χ2v) is 23.9. The van der Waals surface area contributed by atoms with E-state index in [9.17, 15) is 0 Å². The number of aliphatic hydroxyl groups is 2. The Morgan fingerprint density at radius 3 is 1.03 bits per heavy atom. The summed E-state index contributed by atoms with van der Waals surface area (Å²) in [5.74, 6) is 0. The maximum Gasteiger partial charge on any atom is -0.0114 e. The van der Waals surface area contributed by atoms with Gasteiger partial charge in [-0.2, -0.15) is 12.2 Å². The molecule has 2 rings (SSSR count). The number of allylic oxidation sites excluding steroid dienone is 8. The van der Waals surface area contributed by atoms with Gasteiger partial charge in [0.25, 0.3) is 0 Å². The molecule has 0 amide bonds. The Morgan fingerprint density at radius 1 is 0.767 bits per heavy atom. The quantitative estimate of drug-likeness (QED) is 0.271. The Kier molecular flexibility index (Phi) is 21.5. The summed E-state index contributed by atoms with van der Waals surface area (Å²) >= 11 is 1.27. The van der Waals surface area contributed by atoms with Crippen LogP contribution < -0.4 is 0 Å². The summed E-state index contributed by atoms with van der Waals surface area (Å²) in [4.78, 5) is 0. The third-order valence-electron chi connectivity index (χ3n) is 3.13. The van der Waals surface area contributed by atoms with Crippen molar-refractivity contribution in [1.29, 1.82) is 0 Å². The number of hydrogen-bond acceptors (Lipinski definition) is 2. The van der Waals surface area contributed by atoms with Gasteiger partial charge in [0.2, 0.25) is 0 Å². The molecular weight excluding hydrogens is 567 g/mol. The zero-order valence-electron chi connectivity index (χ0n) is 21.8. The summed E-state index contributed by atoms with van der Waals surface area (Å²) in [6.07, 6.45) is 17.1. The van der Waals surface area contributed by atoms with E-state index in [0.29, 0.717) is 0 Å². The van der Waals surface area contributed by atoms with Crippen LogP contribution >= 0.6 is 0 Å². The first-order chi connectivity index (χ1) is 13.4. The molecule has 0 atom stereocenters. The molecule has 2 aliphatic rings. The fraction of sp³-hybridized carbons (Fsp3) is 0.640. The third-order valence-corrected chi connectivity index (χ3v) is 7.29. The number of rotatable bonds is 2. The van der Waals surface area contributed by atoms with E-state index in [-0.39, 0.29) is 12.2 Å². The first-order valence-corrected chi connectivity index (χ1v) is 19.6. The first-order valence-electron chi connectivity index (χ1n) is 10.8. The minimum atomic E-state index is -0.981. The summed E-state index contributed by atoms with van der Waals surface area (Å²) in [5, 5.41) is 19.2. The van der Waals surface area contributed by atoms with Crippen LogP contribution in [0.15, 0.2) is 34.7 Å². The van der Waals surface area contributed by atoms with Gasteiger partial charge in [0.1, 0.15) is 0 Å². The minimum Gasteiger partial charge on any atom is -0.273 e. The van der Waals surface area contributed by atoms with E-state index in [0.717, 1.165) is 12.8 Å². The van der Waals surface area contributed by atoms with Gasteiger partial charge in [-0.25, -0.2) is 22.5 Å². The van der Waals surface area contributed by atoms with E-state index in [4.69, 9.17) is 10.2 Å². The van der Waals surface area contributed by atoms with Gasteiger partial charge in [0.05, 0.1) is 0 Å².